The van der Waals surface area contributed by atoms with Gasteiger partial charge in [0, 0.05) is 17.7 Å². The molecule has 1 aromatic carbocycles. The molecule has 0 fully saturated rings. The molecule has 0 bridgehead atoms. The van der Waals surface area contributed by atoms with E-state index < -0.39 is 0 Å². The summed E-state index contributed by atoms with van der Waals surface area (Å²) in [5, 5.41) is 0. The summed E-state index contributed by atoms with van der Waals surface area (Å²) in [6.07, 6.45) is 1.95. The van der Waals surface area contributed by atoms with Crippen LogP contribution in [0, 0.1) is 0 Å². The summed E-state index contributed by atoms with van der Waals surface area (Å²) in [6.45, 7) is 3.50. The molecule has 0 unspecified atom stereocenters. The predicted molar refractivity (Wildman–Crippen MR) is 50.0 cm³/mol. The van der Waals surface area contributed by atoms with Crippen molar-refractivity contribution in [3.05, 3.63) is 42.5 Å². The van der Waals surface area contributed by atoms with E-state index in [0.717, 1.165) is 0 Å². The first-order chi connectivity index (χ1) is 5.74. The molecule has 0 aromatic heterocycles. The summed E-state index contributed by atoms with van der Waals surface area (Å²) in [5.41, 5.74) is 6.78. The van der Waals surface area contributed by atoms with Crippen LogP contribution in [0.15, 0.2) is 36.9 Å². The number of hydrogen-bond acceptors (Lipinski definition) is 2. The van der Waals surface area contributed by atoms with E-state index in [9.17, 15) is 4.79 Å². The number of Topliss-reactive ketones (excluding diaryl/α,β-unsaturated/α-hetero) is 1. The van der Waals surface area contributed by atoms with Crippen LogP contribution >= 0.6 is 0 Å². The second kappa shape index (κ2) is 3.72. The Morgan fingerprint density at radius 1 is 1.58 bits per heavy atom. The molecule has 0 radical (unpaired) electrons. The van der Waals surface area contributed by atoms with Gasteiger partial charge in [-0.3, -0.25) is 4.79 Å². The Balaban J connectivity index is 2.87. The molecule has 2 nitrogen and oxygen atoms in total. The summed E-state index contributed by atoms with van der Waals surface area (Å²) in [7, 11) is 0. The number of anilines is 1. The minimum absolute atomic E-state index is 0.0531. The van der Waals surface area contributed by atoms with Gasteiger partial charge in [-0.2, -0.15) is 0 Å². The van der Waals surface area contributed by atoms with Crippen LogP contribution in [-0.4, -0.2) is 5.78 Å². The fourth-order valence-corrected chi connectivity index (χ4v) is 0.961. The monoisotopic (exact) mass is 161 g/mol. The molecule has 0 aliphatic rings. The number of carbonyl (C=O) groups excluding carboxylic acids is 1. The van der Waals surface area contributed by atoms with Gasteiger partial charge in [0.25, 0.3) is 0 Å². The number of hydrogen-bond donors (Lipinski definition) is 1. The third-order valence-corrected chi connectivity index (χ3v) is 1.54. The van der Waals surface area contributed by atoms with Gasteiger partial charge in [-0.25, -0.2) is 0 Å². The van der Waals surface area contributed by atoms with Gasteiger partial charge in [0.15, 0.2) is 5.78 Å². The molecule has 0 spiro atoms. The zero-order chi connectivity index (χ0) is 8.97. The van der Waals surface area contributed by atoms with Crippen LogP contribution in [0.3, 0.4) is 0 Å². The van der Waals surface area contributed by atoms with Gasteiger partial charge in [0.2, 0.25) is 0 Å². The minimum atomic E-state index is 0.0531. The number of benzene rings is 1. The van der Waals surface area contributed by atoms with Crippen molar-refractivity contribution in [3.63, 3.8) is 0 Å². The highest BCUT2D eigenvalue weighted by Gasteiger charge is 2.02. The van der Waals surface area contributed by atoms with Gasteiger partial charge in [-0.05, 0) is 12.1 Å². The highest BCUT2D eigenvalue weighted by Crippen LogP contribution is 2.08. The Morgan fingerprint density at radius 3 is 2.92 bits per heavy atom. The van der Waals surface area contributed by atoms with Gasteiger partial charge in [-0.1, -0.05) is 18.2 Å². The third kappa shape index (κ3) is 1.95. The molecule has 0 atom stereocenters. The first-order valence-electron chi connectivity index (χ1n) is 3.73. The van der Waals surface area contributed by atoms with Crippen LogP contribution < -0.4 is 5.73 Å². The van der Waals surface area contributed by atoms with Crippen LogP contribution in [0.4, 0.5) is 5.69 Å². The summed E-state index contributed by atoms with van der Waals surface area (Å²) in [5.74, 6) is 0.0531. The van der Waals surface area contributed by atoms with Crippen LogP contribution in [0.1, 0.15) is 16.8 Å². The van der Waals surface area contributed by atoms with E-state index in [1.807, 2.05) is 0 Å². The number of rotatable bonds is 3. The normalized spacial score (nSPS) is 9.33. The third-order valence-electron chi connectivity index (χ3n) is 1.54. The maximum absolute atomic E-state index is 11.3. The summed E-state index contributed by atoms with van der Waals surface area (Å²) >= 11 is 0. The van der Waals surface area contributed by atoms with E-state index in [0.29, 0.717) is 17.7 Å². The molecule has 12 heavy (non-hydrogen) atoms. The Morgan fingerprint density at radius 2 is 2.33 bits per heavy atom. The van der Waals surface area contributed by atoms with Gasteiger partial charge in [-0.15, -0.1) is 6.58 Å². The highest BCUT2D eigenvalue weighted by molar-refractivity contribution is 5.97. The lowest BCUT2D eigenvalue weighted by Gasteiger charge is -1.98. The molecule has 0 saturated heterocycles. The Kier molecular flexibility index (Phi) is 2.64. The standard InChI is InChI=1S/C10H11NO/c1-2-4-10(12)8-5-3-6-9(11)7-8/h2-3,5-7H,1,4,11H2. The molecule has 1 aromatic rings. The molecule has 0 heterocycles. The van der Waals surface area contributed by atoms with Crippen molar-refractivity contribution in [1.82, 2.24) is 0 Å². The van der Waals surface area contributed by atoms with Gasteiger partial charge in [0.05, 0.1) is 0 Å². The van der Waals surface area contributed by atoms with Crippen molar-refractivity contribution in [2.45, 2.75) is 6.42 Å². The first-order valence-corrected chi connectivity index (χ1v) is 3.73. The predicted octanol–water partition coefficient (Wildman–Crippen LogP) is 2.03. The van der Waals surface area contributed by atoms with E-state index in [2.05, 4.69) is 6.58 Å². The quantitative estimate of drug-likeness (QED) is 0.418. The average molecular weight is 161 g/mol. The van der Waals surface area contributed by atoms with E-state index in [1.54, 1.807) is 30.3 Å². The molecule has 0 aliphatic carbocycles. The molecule has 0 aliphatic heterocycles. The van der Waals surface area contributed by atoms with E-state index >= 15 is 0 Å². The van der Waals surface area contributed by atoms with Crippen molar-refractivity contribution >= 4 is 11.5 Å². The maximum atomic E-state index is 11.3. The number of ketones is 1. The number of nitrogen functional groups attached to an aromatic ring is 1. The second-order valence-electron chi connectivity index (χ2n) is 2.54. The van der Waals surface area contributed by atoms with Crippen LogP contribution in [-0.2, 0) is 0 Å². The van der Waals surface area contributed by atoms with Gasteiger partial charge < -0.3 is 5.73 Å². The molecule has 2 N–H and O–H groups in total. The first kappa shape index (κ1) is 8.53. The lowest BCUT2D eigenvalue weighted by atomic mass is 10.1. The topological polar surface area (TPSA) is 43.1 Å². The molecule has 2 heteroatoms. The lowest BCUT2D eigenvalue weighted by molar-refractivity contribution is 0.0996. The summed E-state index contributed by atoms with van der Waals surface area (Å²) < 4.78 is 0. The summed E-state index contributed by atoms with van der Waals surface area (Å²) in [4.78, 5) is 11.3. The molecular formula is C10H11NO. The average Bonchev–Trinajstić information content (AvgIpc) is 2.05. The van der Waals surface area contributed by atoms with Gasteiger partial charge in [0.1, 0.15) is 0 Å². The Bertz CT molecular complexity index is 304. The maximum Gasteiger partial charge on any atom is 0.166 e. The molecule has 1 rings (SSSR count). The second-order valence-corrected chi connectivity index (χ2v) is 2.54. The number of allylic oxidation sites excluding steroid dienone is 1. The lowest BCUT2D eigenvalue weighted by Crippen LogP contribution is -1.97. The summed E-state index contributed by atoms with van der Waals surface area (Å²) in [6, 6.07) is 6.95. The van der Waals surface area contributed by atoms with Crippen molar-refractivity contribution in [1.29, 1.82) is 0 Å². The van der Waals surface area contributed by atoms with Crippen molar-refractivity contribution in [3.8, 4) is 0 Å². The Hall–Kier alpha value is -1.57. The van der Waals surface area contributed by atoms with E-state index in [-0.39, 0.29) is 5.78 Å². The van der Waals surface area contributed by atoms with Crippen LogP contribution in [0.5, 0.6) is 0 Å². The fourth-order valence-electron chi connectivity index (χ4n) is 0.961. The zero-order valence-corrected chi connectivity index (χ0v) is 6.79. The van der Waals surface area contributed by atoms with Crippen molar-refractivity contribution in [2.24, 2.45) is 0 Å². The van der Waals surface area contributed by atoms with Crippen molar-refractivity contribution in [2.75, 3.05) is 5.73 Å². The van der Waals surface area contributed by atoms with E-state index in [1.165, 1.54) is 0 Å². The molecule has 0 saturated carbocycles. The highest BCUT2D eigenvalue weighted by atomic mass is 16.1. The molecular weight excluding hydrogens is 150 g/mol. The van der Waals surface area contributed by atoms with Crippen LogP contribution in [0.2, 0.25) is 0 Å². The number of carbonyl (C=O) groups is 1. The van der Waals surface area contributed by atoms with E-state index in [4.69, 9.17) is 5.73 Å². The number of nitrogens with two attached hydrogens (primary N) is 1. The Labute approximate surface area is 71.7 Å². The van der Waals surface area contributed by atoms with Crippen LogP contribution in [0.25, 0.3) is 0 Å². The largest absolute Gasteiger partial charge is 0.399 e. The SMILES string of the molecule is C=CCC(=O)c1cccc(N)c1. The smallest absolute Gasteiger partial charge is 0.166 e. The van der Waals surface area contributed by atoms with Gasteiger partial charge >= 0.3 is 0 Å². The fraction of sp³-hybridized carbons (Fsp3) is 0.100. The molecule has 0 amide bonds. The zero-order valence-electron chi connectivity index (χ0n) is 6.79. The minimum Gasteiger partial charge on any atom is -0.399 e. The molecule has 62 valence electrons. The van der Waals surface area contributed by atoms with Crippen molar-refractivity contribution < 1.29 is 4.79 Å².